The number of H-pyrrole nitrogens is 2. The minimum atomic E-state index is -0.0394. The number of rotatable bonds is 6. The molecule has 0 atom stereocenters. The molecule has 0 aliphatic rings. The molecule has 10 nitrogen and oxygen atoms in total. The van der Waals surface area contributed by atoms with Gasteiger partial charge in [0.25, 0.3) is 0 Å². The third-order valence-corrected chi connectivity index (χ3v) is 5.81. The minimum Gasteiger partial charge on any atom is -0.335 e. The number of aromatic amines is 2. The van der Waals surface area contributed by atoms with Crippen LogP contribution >= 0.6 is 0 Å². The van der Waals surface area contributed by atoms with Crippen molar-refractivity contribution in [1.29, 1.82) is 0 Å². The fourth-order valence-electron chi connectivity index (χ4n) is 4.11. The quantitative estimate of drug-likeness (QED) is 0.316. The Morgan fingerprint density at radius 1 is 0.889 bits per heavy atom. The van der Waals surface area contributed by atoms with Crippen LogP contribution in [0.1, 0.15) is 19.8 Å². The Hall–Kier alpha value is -4.99. The second kappa shape index (κ2) is 8.99. The predicted octanol–water partition coefficient (Wildman–Crippen LogP) is 4.76. The number of anilines is 1. The largest absolute Gasteiger partial charge is 0.335 e. The number of aromatic nitrogens is 8. The Morgan fingerprint density at radius 3 is 2.61 bits per heavy atom. The van der Waals surface area contributed by atoms with Crippen molar-refractivity contribution in [2.24, 2.45) is 0 Å². The lowest BCUT2D eigenvalue weighted by atomic mass is 10.1. The fourth-order valence-corrected chi connectivity index (χ4v) is 4.11. The number of nitrogens with one attached hydrogen (secondary N) is 3. The van der Waals surface area contributed by atoms with Gasteiger partial charge >= 0.3 is 0 Å². The smallest absolute Gasteiger partial charge is 0.224 e. The van der Waals surface area contributed by atoms with Gasteiger partial charge in [0.15, 0.2) is 11.5 Å². The van der Waals surface area contributed by atoms with Gasteiger partial charge in [-0.2, -0.15) is 5.10 Å². The molecule has 1 amide bonds. The van der Waals surface area contributed by atoms with E-state index in [4.69, 9.17) is 9.97 Å². The lowest BCUT2D eigenvalue weighted by Crippen LogP contribution is -2.10. The average Bonchev–Trinajstić information content (AvgIpc) is 3.53. The van der Waals surface area contributed by atoms with Crippen molar-refractivity contribution < 1.29 is 4.79 Å². The molecule has 0 bridgehead atoms. The molecule has 0 aliphatic carbocycles. The zero-order chi connectivity index (χ0) is 24.5. The van der Waals surface area contributed by atoms with Crippen LogP contribution in [0.4, 0.5) is 5.69 Å². The van der Waals surface area contributed by atoms with E-state index in [0.717, 1.165) is 39.7 Å². The molecule has 0 aromatic carbocycles. The van der Waals surface area contributed by atoms with Gasteiger partial charge in [0.2, 0.25) is 5.91 Å². The van der Waals surface area contributed by atoms with E-state index < -0.39 is 0 Å². The van der Waals surface area contributed by atoms with Crippen LogP contribution in [0.25, 0.3) is 56.0 Å². The summed E-state index contributed by atoms with van der Waals surface area (Å²) in [5.41, 5.74) is 7.65. The van der Waals surface area contributed by atoms with E-state index in [1.165, 1.54) is 0 Å². The van der Waals surface area contributed by atoms with Gasteiger partial charge in [-0.15, -0.1) is 0 Å². The molecule has 0 spiro atoms. The molecular formula is C26H21N9O. The molecule has 0 aliphatic heterocycles. The molecule has 0 fully saturated rings. The van der Waals surface area contributed by atoms with E-state index in [9.17, 15) is 4.79 Å². The van der Waals surface area contributed by atoms with Crippen LogP contribution in [0.5, 0.6) is 0 Å². The number of pyridine rings is 4. The lowest BCUT2D eigenvalue weighted by Gasteiger charge is -2.06. The predicted molar refractivity (Wildman–Crippen MR) is 137 cm³/mol. The number of imidazole rings is 1. The normalized spacial score (nSPS) is 11.2. The maximum atomic E-state index is 12.0. The van der Waals surface area contributed by atoms with Crippen LogP contribution in [0.15, 0.2) is 67.5 Å². The summed E-state index contributed by atoms with van der Waals surface area (Å²) in [5.74, 6) is 0.547. The van der Waals surface area contributed by atoms with Crippen LogP contribution in [0, 0.1) is 0 Å². The van der Waals surface area contributed by atoms with Crippen LogP contribution in [-0.4, -0.2) is 46.0 Å². The first kappa shape index (κ1) is 21.5. The van der Waals surface area contributed by atoms with Crippen molar-refractivity contribution in [3.8, 4) is 33.9 Å². The van der Waals surface area contributed by atoms with Crippen LogP contribution in [-0.2, 0) is 4.79 Å². The number of hydrogen-bond acceptors (Lipinski definition) is 7. The molecule has 6 heterocycles. The van der Waals surface area contributed by atoms with E-state index >= 15 is 0 Å². The van der Waals surface area contributed by atoms with Crippen LogP contribution in [0.2, 0.25) is 0 Å². The standard InChI is InChI=1S/C26H21N9O/c1-2-3-22(36)30-17-10-16(11-28-12-17)19-4-5-20-24(31-19)25(35-34-20)26-32-21-14-29-13-18(23(21)33-26)15-6-8-27-9-7-15/h4-14H,2-3H2,1H3,(H,30,36)(H,32,33)(H,34,35). The van der Waals surface area contributed by atoms with Crippen molar-refractivity contribution in [3.63, 3.8) is 0 Å². The molecule has 6 rings (SSSR count). The number of carbonyl (C=O) groups is 1. The van der Waals surface area contributed by atoms with Gasteiger partial charge in [-0.05, 0) is 42.3 Å². The van der Waals surface area contributed by atoms with Crippen molar-refractivity contribution in [1.82, 2.24) is 40.1 Å². The number of hydrogen-bond donors (Lipinski definition) is 3. The molecule has 3 N–H and O–H groups in total. The van der Waals surface area contributed by atoms with Gasteiger partial charge in [-0.3, -0.25) is 24.8 Å². The van der Waals surface area contributed by atoms with Gasteiger partial charge < -0.3 is 10.3 Å². The minimum absolute atomic E-state index is 0.0394. The highest BCUT2D eigenvalue weighted by Gasteiger charge is 2.17. The summed E-state index contributed by atoms with van der Waals surface area (Å²) in [6.45, 7) is 1.97. The highest BCUT2D eigenvalue weighted by atomic mass is 16.1. The van der Waals surface area contributed by atoms with Crippen LogP contribution in [0.3, 0.4) is 0 Å². The topological polar surface area (TPSA) is 138 Å². The second-order valence-corrected chi connectivity index (χ2v) is 8.33. The van der Waals surface area contributed by atoms with E-state index in [-0.39, 0.29) is 5.91 Å². The summed E-state index contributed by atoms with van der Waals surface area (Å²) < 4.78 is 0. The van der Waals surface area contributed by atoms with E-state index in [1.807, 2.05) is 37.3 Å². The third kappa shape index (κ3) is 3.94. The molecule has 0 radical (unpaired) electrons. The summed E-state index contributed by atoms with van der Waals surface area (Å²) in [6.07, 6.45) is 11.6. The summed E-state index contributed by atoms with van der Waals surface area (Å²) in [6, 6.07) is 9.53. The molecular weight excluding hydrogens is 454 g/mol. The summed E-state index contributed by atoms with van der Waals surface area (Å²) in [7, 11) is 0. The molecule has 6 aromatic heterocycles. The SMILES string of the molecule is CCCC(=O)Nc1cncc(-c2ccc3[nH]nc(-c4nc5c(-c6ccncc6)cncc5[nH]4)c3n2)c1. The first-order valence-electron chi connectivity index (χ1n) is 11.5. The molecule has 0 saturated heterocycles. The molecule has 36 heavy (non-hydrogen) atoms. The highest BCUT2D eigenvalue weighted by molar-refractivity contribution is 5.96. The van der Waals surface area contributed by atoms with Crippen molar-refractivity contribution in [2.45, 2.75) is 19.8 Å². The number of carbonyl (C=O) groups excluding carboxylic acids is 1. The maximum Gasteiger partial charge on any atom is 0.224 e. The summed E-state index contributed by atoms with van der Waals surface area (Å²) in [5, 5.41) is 10.4. The Labute approximate surface area is 205 Å². The third-order valence-electron chi connectivity index (χ3n) is 5.81. The molecule has 6 aromatic rings. The molecule has 10 heteroatoms. The number of amides is 1. The molecule has 176 valence electrons. The Bertz CT molecular complexity index is 1710. The summed E-state index contributed by atoms with van der Waals surface area (Å²) in [4.78, 5) is 37.8. The Balaban J connectivity index is 1.40. The maximum absolute atomic E-state index is 12.0. The fraction of sp³-hybridized carbons (Fsp3) is 0.115. The van der Waals surface area contributed by atoms with Gasteiger partial charge in [0.05, 0.1) is 40.3 Å². The second-order valence-electron chi connectivity index (χ2n) is 8.33. The molecule has 0 saturated carbocycles. The Morgan fingerprint density at radius 2 is 1.75 bits per heavy atom. The first-order chi connectivity index (χ1) is 17.7. The average molecular weight is 476 g/mol. The first-order valence-corrected chi connectivity index (χ1v) is 11.5. The summed E-state index contributed by atoms with van der Waals surface area (Å²) >= 11 is 0. The number of fused-ring (bicyclic) bond motifs is 2. The van der Waals surface area contributed by atoms with Crippen LogP contribution < -0.4 is 5.32 Å². The number of nitrogens with zero attached hydrogens (tertiary/aromatic N) is 6. The van der Waals surface area contributed by atoms with Gasteiger partial charge in [-0.1, -0.05) is 6.92 Å². The monoisotopic (exact) mass is 475 g/mol. The van der Waals surface area contributed by atoms with Crippen molar-refractivity contribution in [3.05, 3.63) is 67.5 Å². The van der Waals surface area contributed by atoms with Gasteiger partial charge in [0, 0.05) is 42.3 Å². The highest BCUT2D eigenvalue weighted by Crippen LogP contribution is 2.31. The van der Waals surface area contributed by atoms with E-state index in [1.54, 1.807) is 37.2 Å². The van der Waals surface area contributed by atoms with E-state index in [2.05, 4.69) is 35.5 Å². The lowest BCUT2D eigenvalue weighted by molar-refractivity contribution is -0.116. The van der Waals surface area contributed by atoms with Gasteiger partial charge in [-0.25, -0.2) is 9.97 Å². The zero-order valence-electron chi connectivity index (χ0n) is 19.4. The van der Waals surface area contributed by atoms with Crippen molar-refractivity contribution >= 4 is 33.7 Å². The zero-order valence-corrected chi connectivity index (χ0v) is 19.4. The van der Waals surface area contributed by atoms with Crippen molar-refractivity contribution in [2.75, 3.05) is 5.32 Å². The Kier molecular flexibility index (Phi) is 5.38. The molecule has 0 unspecified atom stereocenters. The van der Waals surface area contributed by atoms with Gasteiger partial charge in [0.1, 0.15) is 5.52 Å². The van der Waals surface area contributed by atoms with E-state index in [0.29, 0.717) is 34.8 Å².